The predicted molar refractivity (Wildman–Crippen MR) is 69.5 cm³/mol. The second-order valence-electron chi connectivity index (χ2n) is 3.89. The minimum absolute atomic E-state index is 0.0585. The second-order valence-corrected chi connectivity index (χ2v) is 3.89. The Bertz CT molecular complexity index is 490. The van der Waals surface area contributed by atoms with Crippen molar-refractivity contribution in [3.63, 3.8) is 0 Å². The van der Waals surface area contributed by atoms with Gasteiger partial charge in [0.2, 0.25) is 0 Å². The molecule has 3 N–H and O–H groups in total. The van der Waals surface area contributed by atoms with Gasteiger partial charge in [-0.2, -0.15) is 0 Å². The lowest BCUT2D eigenvalue weighted by molar-refractivity contribution is -0.118. The first-order valence-electron chi connectivity index (χ1n) is 5.80. The third kappa shape index (κ3) is 3.35. The Morgan fingerprint density at radius 2 is 2.37 bits per heavy atom. The lowest BCUT2D eigenvalue weighted by Gasteiger charge is -2.20. The first-order valence-corrected chi connectivity index (χ1v) is 5.80. The van der Waals surface area contributed by atoms with Gasteiger partial charge in [0.05, 0.1) is 18.0 Å². The Morgan fingerprint density at radius 1 is 1.53 bits per heavy atom. The van der Waals surface area contributed by atoms with Gasteiger partial charge in [-0.3, -0.25) is 4.79 Å². The number of carbonyl (C=O) groups excluding carboxylic acids is 2. The van der Waals surface area contributed by atoms with E-state index in [1.165, 1.54) is 0 Å². The van der Waals surface area contributed by atoms with Gasteiger partial charge in [-0.25, -0.2) is 4.79 Å². The van der Waals surface area contributed by atoms with Gasteiger partial charge in [0.25, 0.3) is 5.91 Å². The van der Waals surface area contributed by atoms with Gasteiger partial charge in [-0.15, -0.1) is 0 Å². The van der Waals surface area contributed by atoms with Crippen molar-refractivity contribution in [2.45, 2.75) is 0 Å². The van der Waals surface area contributed by atoms with E-state index < -0.39 is 0 Å². The zero-order chi connectivity index (χ0) is 13.7. The molecule has 0 saturated carbocycles. The van der Waals surface area contributed by atoms with E-state index in [1.807, 2.05) is 0 Å². The van der Waals surface area contributed by atoms with Gasteiger partial charge in [0.1, 0.15) is 0 Å². The molecule has 0 saturated heterocycles. The largest absolute Gasteiger partial charge is 0.479 e. The van der Waals surface area contributed by atoms with Crippen LogP contribution in [0, 0.1) is 0 Å². The number of nitrogens with one attached hydrogen (secondary N) is 3. The van der Waals surface area contributed by atoms with Crippen LogP contribution in [0.15, 0.2) is 18.2 Å². The summed E-state index contributed by atoms with van der Waals surface area (Å²) in [4.78, 5) is 22.8. The van der Waals surface area contributed by atoms with Crippen molar-refractivity contribution in [2.75, 3.05) is 37.5 Å². The van der Waals surface area contributed by atoms with Crippen LogP contribution in [0.4, 0.5) is 16.2 Å². The maximum absolute atomic E-state index is 11.6. The number of carbonyl (C=O) groups is 2. The molecule has 7 heteroatoms. The second kappa shape index (κ2) is 6.05. The number of para-hydroxylation sites is 1. The number of methoxy groups -OCH3 is 1. The molecule has 1 aromatic rings. The lowest BCUT2D eigenvalue weighted by Crippen LogP contribution is -2.32. The van der Waals surface area contributed by atoms with Gasteiger partial charge < -0.3 is 25.4 Å². The number of amides is 3. The van der Waals surface area contributed by atoms with E-state index in [0.29, 0.717) is 30.3 Å². The molecule has 0 fully saturated rings. The topological polar surface area (TPSA) is 88.7 Å². The summed E-state index contributed by atoms with van der Waals surface area (Å²) in [6, 6.07) is 4.77. The van der Waals surface area contributed by atoms with E-state index in [4.69, 9.17) is 9.47 Å². The Morgan fingerprint density at radius 3 is 3.16 bits per heavy atom. The van der Waals surface area contributed by atoms with Crippen LogP contribution in [0.5, 0.6) is 5.75 Å². The van der Waals surface area contributed by atoms with Crippen molar-refractivity contribution >= 4 is 23.3 Å². The predicted octanol–water partition coefficient (Wildman–Crippen LogP) is 0.785. The molecule has 0 atom stereocenters. The molecule has 102 valence electrons. The van der Waals surface area contributed by atoms with E-state index in [0.717, 1.165) is 0 Å². The number of fused-ring (bicyclic) bond motifs is 1. The number of hydrogen-bond acceptors (Lipinski definition) is 4. The van der Waals surface area contributed by atoms with Crippen LogP contribution in [-0.4, -0.2) is 38.8 Å². The molecule has 0 radical (unpaired) electrons. The monoisotopic (exact) mass is 265 g/mol. The summed E-state index contributed by atoms with van der Waals surface area (Å²) >= 11 is 0. The van der Waals surface area contributed by atoms with Crippen molar-refractivity contribution in [1.29, 1.82) is 0 Å². The number of benzene rings is 1. The highest BCUT2D eigenvalue weighted by atomic mass is 16.5. The fourth-order valence-corrected chi connectivity index (χ4v) is 1.65. The molecule has 1 aromatic carbocycles. The SMILES string of the molecule is COCCNC(=O)Nc1cccc2c1OCC(=O)N2. The number of rotatable bonds is 4. The van der Waals surface area contributed by atoms with Crippen LogP contribution in [0.25, 0.3) is 0 Å². The molecule has 0 aliphatic carbocycles. The summed E-state index contributed by atoms with van der Waals surface area (Å²) in [5, 5.41) is 7.96. The first kappa shape index (κ1) is 13.2. The molecular formula is C12H15N3O4. The van der Waals surface area contributed by atoms with Gasteiger partial charge in [-0.1, -0.05) is 6.07 Å². The quantitative estimate of drug-likeness (QED) is 0.702. The Labute approximate surface area is 110 Å². The fourth-order valence-electron chi connectivity index (χ4n) is 1.65. The van der Waals surface area contributed by atoms with E-state index >= 15 is 0 Å². The van der Waals surface area contributed by atoms with E-state index in [-0.39, 0.29) is 18.5 Å². The van der Waals surface area contributed by atoms with E-state index in [1.54, 1.807) is 25.3 Å². The van der Waals surface area contributed by atoms with E-state index in [9.17, 15) is 9.59 Å². The molecular weight excluding hydrogens is 250 g/mol. The Balaban J connectivity index is 2.03. The number of hydrogen-bond donors (Lipinski definition) is 3. The van der Waals surface area contributed by atoms with Crippen LogP contribution in [0.2, 0.25) is 0 Å². The summed E-state index contributed by atoms with van der Waals surface area (Å²) in [5.41, 5.74) is 1.05. The van der Waals surface area contributed by atoms with E-state index in [2.05, 4.69) is 16.0 Å². The third-order valence-corrected chi connectivity index (χ3v) is 2.48. The number of urea groups is 1. The van der Waals surface area contributed by atoms with Crippen molar-refractivity contribution in [2.24, 2.45) is 0 Å². The molecule has 7 nitrogen and oxygen atoms in total. The first-order chi connectivity index (χ1) is 9.20. The molecule has 0 aromatic heterocycles. The van der Waals surface area contributed by atoms with Gasteiger partial charge in [0, 0.05) is 13.7 Å². The molecule has 1 aliphatic rings. The average molecular weight is 265 g/mol. The molecule has 1 heterocycles. The minimum Gasteiger partial charge on any atom is -0.479 e. The molecule has 19 heavy (non-hydrogen) atoms. The standard InChI is InChI=1S/C12H15N3O4/c1-18-6-5-13-12(17)15-9-4-2-3-8-11(9)19-7-10(16)14-8/h2-4H,5-7H2,1H3,(H,14,16)(H2,13,15,17). The minimum atomic E-state index is -0.356. The smallest absolute Gasteiger partial charge is 0.319 e. The molecule has 0 bridgehead atoms. The lowest BCUT2D eigenvalue weighted by atomic mass is 10.2. The highest BCUT2D eigenvalue weighted by molar-refractivity contribution is 5.99. The molecule has 0 unspecified atom stereocenters. The number of ether oxygens (including phenoxy) is 2. The molecule has 3 amide bonds. The van der Waals surface area contributed by atoms with Crippen LogP contribution < -0.4 is 20.7 Å². The van der Waals surface area contributed by atoms with Gasteiger partial charge >= 0.3 is 6.03 Å². The Kier molecular flexibility index (Phi) is 4.19. The average Bonchev–Trinajstić information content (AvgIpc) is 2.39. The highest BCUT2D eigenvalue weighted by Crippen LogP contribution is 2.35. The van der Waals surface area contributed by atoms with Gasteiger partial charge in [-0.05, 0) is 12.1 Å². The summed E-state index contributed by atoms with van der Waals surface area (Å²) in [7, 11) is 1.56. The maximum atomic E-state index is 11.6. The highest BCUT2D eigenvalue weighted by Gasteiger charge is 2.19. The fraction of sp³-hybridized carbons (Fsp3) is 0.333. The van der Waals surface area contributed by atoms with Crippen molar-refractivity contribution in [3.05, 3.63) is 18.2 Å². The van der Waals surface area contributed by atoms with Crippen molar-refractivity contribution in [3.8, 4) is 5.75 Å². The van der Waals surface area contributed by atoms with Crippen molar-refractivity contribution < 1.29 is 19.1 Å². The maximum Gasteiger partial charge on any atom is 0.319 e. The third-order valence-electron chi connectivity index (χ3n) is 2.48. The normalized spacial score (nSPS) is 13.0. The zero-order valence-corrected chi connectivity index (χ0v) is 10.5. The summed E-state index contributed by atoms with van der Waals surface area (Å²) < 4.78 is 10.1. The Hall–Kier alpha value is -2.28. The van der Waals surface area contributed by atoms with Crippen molar-refractivity contribution in [1.82, 2.24) is 5.32 Å². The molecule has 0 spiro atoms. The summed E-state index contributed by atoms with van der Waals surface area (Å²) in [6.45, 7) is 0.790. The van der Waals surface area contributed by atoms with Crippen LogP contribution in [0.3, 0.4) is 0 Å². The summed E-state index contributed by atoms with van der Waals surface area (Å²) in [6.07, 6.45) is 0. The van der Waals surface area contributed by atoms with Gasteiger partial charge in [0.15, 0.2) is 12.4 Å². The van der Waals surface area contributed by atoms with Crippen LogP contribution >= 0.6 is 0 Å². The van der Waals surface area contributed by atoms with Crippen LogP contribution in [0.1, 0.15) is 0 Å². The number of anilines is 2. The molecule has 2 rings (SSSR count). The molecule has 1 aliphatic heterocycles. The zero-order valence-electron chi connectivity index (χ0n) is 10.5. The summed E-state index contributed by atoms with van der Waals surface area (Å²) in [5.74, 6) is 0.248. The van der Waals surface area contributed by atoms with Crippen LogP contribution in [-0.2, 0) is 9.53 Å².